The monoisotopic (exact) mass is 396 g/mol. The van der Waals surface area contributed by atoms with Crippen molar-refractivity contribution in [1.29, 1.82) is 0 Å². The van der Waals surface area contributed by atoms with Gasteiger partial charge in [-0.25, -0.2) is 4.39 Å². The topological polar surface area (TPSA) is 27.7 Å². The predicted octanol–water partition coefficient (Wildman–Crippen LogP) is 5.01. The number of hydrogen-bond acceptors (Lipinski definition) is 3. The van der Waals surface area contributed by atoms with Crippen molar-refractivity contribution in [2.75, 3.05) is 0 Å². The van der Waals surface area contributed by atoms with Crippen molar-refractivity contribution in [2.45, 2.75) is 45.5 Å². The summed E-state index contributed by atoms with van der Waals surface area (Å²) >= 11 is 12.1. The first-order valence-corrected chi connectivity index (χ1v) is 9.06. The van der Waals surface area contributed by atoms with Gasteiger partial charge >= 0.3 is 7.12 Å². The van der Waals surface area contributed by atoms with Crippen molar-refractivity contribution >= 4 is 35.8 Å². The van der Waals surface area contributed by atoms with Crippen LogP contribution in [0.1, 0.15) is 33.3 Å². The Labute approximate surface area is 163 Å². The van der Waals surface area contributed by atoms with Crippen LogP contribution in [0.25, 0.3) is 0 Å². The van der Waals surface area contributed by atoms with Crippen molar-refractivity contribution in [3.8, 4) is 5.75 Å². The zero-order chi connectivity index (χ0) is 19.1. The van der Waals surface area contributed by atoms with Gasteiger partial charge in [0.15, 0.2) is 0 Å². The summed E-state index contributed by atoms with van der Waals surface area (Å²) in [6.07, 6.45) is 0. The van der Waals surface area contributed by atoms with E-state index < -0.39 is 18.3 Å². The quantitative estimate of drug-likeness (QED) is 0.679. The van der Waals surface area contributed by atoms with E-state index in [1.165, 1.54) is 6.07 Å². The van der Waals surface area contributed by atoms with E-state index in [4.69, 9.17) is 37.2 Å². The number of rotatable bonds is 4. The summed E-state index contributed by atoms with van der Waals surface area (Å²) in [6, 6.07) is 9.73. The van der Waals surface area contributed by atoms with Gasteiger partial charge in [-0.2, -0.15) is 0 Å². The molecule has 7 heteroatoms. The molecule has 0 unspecified atom stereocenters. The molecule has 0 amide bonds. The number of hydrogen-bond donors (Lipinski definition) is 0. The minimum absolute atomic E-state index is 0.215. The summed E-state index contributed by atoms with van der Waals surface area (Å²) < 4.78 is 32.0. The van der Waals surface area contributed by atoms with E-state index in [0.717, 1.165) is 5.56 Å². The molecule has 26 heavy (non-hydrogen) atoms. The summed E-state index contributed by atoms with van der Waals surface area (Å²) in [5.41, 5.74) is 0.0460. The Bertz CT molecular complexity index is 810. The van der Waals surface area contributed by atoms with Gasteiger partial charge < -0.3 is 14.0 Å². The molecule has 0 saturated carbocycles. The molecule has 1 fully saturated rings. The van der Waals surface area contributed by atoms with E-state index in [1.54, 1.807) is 30.3 Å². The van der Waals surface area contributed by atoms with Gasteiger partial charge in [0, 0.05) is 16.6 Å². The lowest BCUT2D eigenvalue weighted by Crippen LogP contribution is -2.41. The number of halogens is 3. The molecular weight excluding hydrogens is 377 g/mol. The van der Waals surface area contributed by atoms with Crippen LogP contribution in [-0.2, 0) is 15.9 Å². The third kappa shape index (κ3) is 3.86. The third-order valence-electron chi connectivity index (χ3n) is 4.86. The summed E-state index contributed by atoms with van der Waals surface area (Å²) in [5.74, 6) is 0.0914. The fourth-order valence-electron chi connectivity index (χ4n) is 2.58. The maximum atomic E-state index is 14.4. The summed E-state index contributed by atoms with van der Waals surface area (Å²) in [7, 11) is -0.769. The van der Waals surface area contributed by atoms with E-state index in [-0.39, 0.29) is 12.4 Å². The second-order valence-electron chi connectivity index (χ2n) is 7.31. The first-order chi connectivity index (χ1) is 12.1. The molecule has 3 nitrogen and oxygen atoms in total. The van der Waals surface area contributed by atoms with Gasteiger partial charge in [0.05, 0.1) is 16.2 Å². The molecule has 138 valence electrons. The SMILES string of the molecule is CC1(C)OB(c2cc(COc3cc(Cl)ccc3Cl)ccc2F)OC1(C)C. The summed E-state index contributed by atoms with van der Waals surface area (Å²) in [6.45, 7) is 7.93. The predicted molar refractivity (Wildman–Crippen MR) is 103 cm³/mol. The van der Waals surface area contributed by atoms with Gasteiger partial charge in [-0.05, 0) is 51.5 Å². The highest BCUT2D eigenvalue weighted by Crippen LogP contribution is 2.36. The normalized spacial score (nSPS) is 18.2. The molecule has 1 aliphatic heterocycles. The lowest BCUT2D eigenvalue weighted by Gasteiger charge is -2.32. The second kappa shape index (κ2) is 7.04. The first-order valence-electron chi connectivity index (χ1n) is 8.31. The van der Waals surface area contributed by atoms with Crippen LogP contribution in [0.15, 0.2) is 36.4 Å². The molecular formula is C19H20BCl2FO3. The Morgan fingerprint density at radius 1 is 1.00 bits per heavy atom. The molecule has 0 aromatic heterocycles. The Hall–Kier alpha value is -1.27. The minimum atomic E-state index is -0.769. The van der Waals surface area contributed by atoms with E-state index in [0.29, 0.717) is 21.3 Å². The minimum Gasteiger partial charge on any atom is -0.487 e. The van der Waals surface area contributed by atoms with Crippen LogP contribution < -0.4 is 10.2 Å². The largest absolute Gasteiger partial charge is 0.497 e. The molecule has 0 spiro atoms. The Morgan fingerprint density at radius 3 is 2.31 bits per heavy atom. The van der Waals surface area contributed by atoms with Crippen LogP contribution in [0, 0.1) is 5.82 Å². The molecule has 1 saturated heterocycles. The highest BCUT2D eigenvalue weighted by molar-refractivity contribution is 6.62. The van der Waals surface area contributed by atoms with Gasteiger partial charge in [0.25, 0.3) is 0 Å². The van der Waals surface area contributed by atoms with Crippen LogP contribution in [-0.4, -0.2) is 18.3 Å². The lowest BCUT2D eigenvalue weighted by molar-refractivity contribution is 0.00578. The maximum Gasteiger partial charge on any atom is 0.497 e. The van der Waals surface area contributed by atoms with Crippen molar-refractivity contribution in [3.05, 3.63) is 57.8 Å². The molecule has 2 aromatic rings. The van der Waals surface area contributed by atoms with Crippen LogP contribution in [0.3, 0.4) is 0 Å². The van der Waals surface area contributed by atoms with Crippen molar-refractivity contribution in [1.82, 2.24) is 0 Å². The molecule has 0 radical (unpaired) electrons. The zero-order valence-electron chi connectivity index (χ0n) is 15.1. The fraction of sp³-hybridized carbons (Fsp3) is 0.368. The summed E-state index contributed by atoms with van der Waals surface area (Å²) in [4.78, 5) is 0. The highest BCUT2D eigenvalue weighted by Gasteiger charge is 2.52. The molecule has 0 N–H and O–H groups in total. The van der Waals surface area contributed by atoms with Crippen LogP contribution >= 0.6 is 23.2 Å². The lowest BCUT2D eigenvalue weighted by atomic mass is 9.78. The molecule has 3 rings (SSSR count). The van der Waals surface area contributed by atoms with Crippen molar-refractivity contribution in [2.24, 2.45) is 0 Å². The Kier molecular flexibility index (Phi) is 5.28. The van der Waals surface area contributed by atoms with Crippen molar-refractivity contribution in [3.63, 3.8) is 0 Å². The number of ether oxygens (including phenoxy) is 1. The zero-order valence-corrected chi connectivity index (χ0v) is 16.6. The molecule has 1 heterocycles. The summed E-state index contributed by atoms with van der Waals surface area (Å²) in [5, 5.41) is 0.990. The molecule has 2 aromatic carbocycles. The average Bonchev–Trinajstić information content (AvgIpc) is 2.77. The van der Waals surface area contributed by atoms with Crippen molar-refractivity contribution < 1.29 is 18.4 Å². The Balaban J connectivity index is 1.79. The van der Waals surface area contributed by atoms with Crippen LogP contribution in [0.4, 0.5) is 4.39 Å². The molecule has 0 atom stereocenters. The average molecular weight is 397 g/mol. The van der Waals surface area contributed by atoms with Gasteiger partial charge in [-0.15, -0.1) is 0 Å². The smallest absolute Gasteiger partial charge is 0.487 e. The van der Waals surface area contributed by atoms with Crippen LogP contribution in [0.2, 0.25) is 10.0 Å². The van der Waals surface area contributed by atoms with Gasteiger partial charge in [-0.1, -0.05) is 35.3 Å². The first kappa shape index (κ1) is 19.5. The molecule has 0 bridgehead atoms. The van der Waals surface area contributed by atoms with Gasteiger partial charge in [0.1, 0.15) is 18.2 Å². The molecule has 0 aliphatic carbocycles. The van der Waals surface area contributed by atoms with Gasteiger partial charge in [0.2, 0.25) is 0 Å². The number of benzene rings is 2. The van der Waals surface area contributed by atoms with E-state index in [1.807, 2.05) is 27.7 Å². The van der Waals surface area contributed by atoms with Crippen LogP contribution in [0.5, 0.6) is 5.75 Å². The third-order valence-corrected chi connectivity index (χ3v) is 5.40. The Morgan fingerprint density at radius 2 is 1.65 bits per heavy atom. The van der Waals surface area contributed by atoms with Gasteiger partial charge in [-0.3, -0.25) is 0 Å². The van der Waals surface area contributed by atoms with E-state index in [9.17, 15) is 4.39 Å². The van der Waals surface area contributed by atoms with E-state index in [2.05, 4.69) is 0 Å². The standard InChI is InChI=1S/C19H20BCl2FO3/c1-18(2)19(3,4)26-20(25-18)14-9-12(5-8-16(14)23)11-24-17-10-13(21)6-7-15(17)22/h5-10H,11H2,1-4H3. The molecule has 1 aliphatic rings. The fourth-order valence-corrected chi connectivity index (χ4v) is 2.92. The second-order valence-corrected chi connectivity index (χ2v) is 8.15. The highest BCUT2D eigenvalue weighted by atomic mass is 35.5. The maximum absolute atomic E-state index is 14.4. The van der Waals surface area contributed by atoms with E-state index >= 15 is 0 Å².